The highest BCUT2D eigenvalue weighted by Crippen LogP contribution is 2.34. The Morgan fingerprint density at radius 3 is 2.88 bits per heavy atom. The highest BCUT2D eigenvalue weighted by atomic mass is 32.2. The molecule has 1 N–H and O–H groups in total. The first-order chi connectivity index (χ1) is 8.42. The van der Waals surface area contributed by atoms with Crippen molar-refractivity contribution in [3.05, 3.63) is 18.7 Å². The maximum absolute atomic E-state index is 4.81. The first kappa shape index (κ1) is 11.0. The molecule has 1 fully saturated rings. The van der Waals surface area contributed by atoms with E-state index in [0.29, 0.717) is 6.04 Å². The summed E-state index contributed by atoms with van der Waals surface area (Å²) in [7, 11) is 0. The third kappa shape index (κ3) is 2.60. The van der Waals surface area contributed by atoms with Crippen molar-refractivity contribution < 1.29 is 0 Å². The lowest BCUT2D eigenvalue weighted by Crippen LogP contribution is -2.31. The third-order valence-electron chi connectivity index (χ3n) is 3.40. The maximum atomic E-state index is 4.81. The van der Waals surface area contributed by atoms with E-state index in [9.17, 15) is 0 Å². The number of nitrogens with one attached hydrogen (secondary N) is 1. The average Bonchev–Trinajstić information content (AvgIpc) is 2.40. The van der Waals surface area contributed by atoms with Gasteiger partial charge in [0.15, 0.2) is 5.17 Å². The van der Waals surface area contributed by atoms with Crippen molar-refractivity contribution in [2.75, 3.05) is 11.1 Å². The second kappa shape index (κ2) is 5.04. The fraction of sp³-hybridized carbons (Fsp3) is 0.583. The molecular formula is C12H16N4S. The molecule has 2 heterocycles. The van der Waals surface area contributed by atoms with Crippen LogP contribution in [0.4, 0.5) is 5.69 Å². The monoisotopic (exact) mass is 248 g/mol. The lowest BCUT2D eigenvalue weighted by Gasteiger charge is -2.32. The van der Waals surface area contributed by atoms with Crippen LogP contribution in [0.5, 0.6) is 0 Å². The van der Waals surface area contributed by atoms with Crippen molar-refractivity contribution in [2.45, 2.75) is 31.7 Å². The summed E-state index contributed by atoms with van der Waals surface area (Å²) in [4.78, 5) is 12.8. The van der Waals surface area contributed by atoms with Crippen molar-refractivity contribution in [1.29, 1.82) is 0 Å². The van der Waals surface area contributed by atoms with Crippen molar-refractivity contribution in [1.82, 2.24) is 9.97 Å². The van der Waals surface area contributed by atoms with Gasteiger partial charge in [0.25, 0.3) is 0 Å². The standard InChI is InChI=1S/C12H16N4S/c1-2-4-11-9(3-1)7-17-12(16-11)15-10-5-13-8-14-6-10/h5-6,8-9,11H,1-4,7H2,(H,15,16). The normalized spacial score (nSPS) is 28.1. The van der Waals surface area contributed by atoms with Gasteiger partial charge in [0.2, 0.25) is 0 Å². The molecular weight excluding hydrogens is 232 g/mol. The fourth-order valence-electron chi connectivity index (χ4n) is 2.48. The Hall–Kier alpha value is -1.10. The van der Waals surface area contributed by atoms with Crippen LogP contribution in [0.25, 0.3) is 0 Å². The summed E-state index contributed by atoms with van der Waals surface area (Å²) in [5.41, 5.74) is 0.924. The highest BCUT2D eigenvalue weighted by Gasteiger charge is 2.29. The Bertz CT molecular complexity index is 406. The van der Waals surface area contributed by atoms with Gasteiger partial charge in [-0.25, -0.2) is 9.97 Å². The summed E-state index contributed by atoms with van der Waals surface area (Å²) in [6.07, 6.45) is 10.4. The molecule has 2 aliphatic rings. The van der Waals surface area contributed by atoms with E-state index >= 15 is 0 Å². The van der Waals surface area contributed by atoms with Crippen molar-refractivity contribution in [2.24, 2.45) is 10.9 Å². The lowest BCUT2D eigenvalue weighted by atomic mass is 9.86. The molecule has 2 atom stereocenters. The molecule has 1 saturated carbocycles. The van der Waals surface area contributed by atoms with Gasteiger partial charge in [-0.15, -0.1) is 0 Å². The highest BCUT2D eigenvalue weighted by molar-refractivity contribution is 8.14. The fourth-order valence-corrected chi connectivity index (χ4v) is 3.64. The van der Waals surface area contributed by atoms with E-state index in [-0.39, 0.29) is 0 Å². The number of rotatable bonds is 1. The Labute approximate surface area is 105 Å². The van der Waals surface area contributed by atoms with Crippen LogP contribution in [-0.2, 0) is 0 Å². The summed E-state index contributed by atoms with van der Waals surface area (Å²) in [6, 6.07) is 0.539. The topological polar surface area (TPSA) is 50.2 Å². The molecule has 1 aliphatic heterocycles. The van der Waals surface area contributed by atoms with Crippen LogP contribution in [-0.4, -0.2) is 26.9 Å². The molecule has 90 valence electrons. The Morgan fingerprint density at radius 2 is 2.00 bits per heavy atom. The number of anilines is 1. The van der Waals surface area contributed by atoms with Gasteiger partial charge in [-0.2, -0.15) is 0 Å². The Balaban J connectivity index is 1.70. The minimum Gasteiger partial charge on any atom is -0.332 e. The number of amidine groups is 1. The summed E-state index contributed by atoms with van der Waals surface area (Å²) < 4.78 is 0. The van der Waals surface area contributed by atoms with Crippen LogP contribution >= 0.6 is 11.8 Å². The SMILES string of the molecule is c1ncc(NC2=NC3CCCCC3CS2)cn1. The van der Waals surface area contributed by atoms with Gasteiger partial charge in [-0.05, 0) is 18.8 Å². The molecule has 0 bridgehead atoms. The van der Waals surface area contributed by atoms with Crippen molar-refractivity contribution in [3.63, 3.8) is 0 Å². The molecule has 1 aromatic rings. The largest absolute Gasteiger partial charge is 0.332 e. The van der Waals surface area contributed by atoms with Crippen LogP contribution in [0.2, 0.25) is 0 Å². The molecule has 1 aliphatic carbocycles. The van der Waals surface area contributed by atoms with Gasteiger partial charge >= 0.3 is 0 Å². The predicted molar refractivity (Wildman–Crippen MR) is 71.3 cm³/mol. The van der Waals surface area contributed by atoms with E-state index in [0.717, 1.165) is 16.8 Å². The molecule has 0 aromatic carbocycles. The van der Waals surface area contributed by atoms with Crippen LogP contribution in [0.15, 0.2) is 23.7 Å². The number of hydrogen-bond donors (Lipinski definition) is 1. The van der Waals surface area contributed by atoms with E-state index in [2.05, 4.69) is 15.3 Å². The average molecular weight is 248 g/mol. The predicted octanol–water partition coefficient (Wildman–Crippen LogP) is 2.55. The molecule has 1 aromatic heterocycles. The zero-order valence-electron chi connectivity index (χ0n) is 9.67. The van der Waals surface area contributed by atoms with Gasteiger partial charge in [0.1, 0.15) is 6.33 Å². The smallest absolute Gasteiger partial charge is 0.161 e. The maximum Gasteiger partial charge on any atom is 0.161 e. The number of hydrogen-bond acceptors (Lipinski definition) is 5. The number of fused-ring (bicyclic) bond motifs is 1. The minimum absolute atomic E-state index is 0.539. The lowest BCUT2D eigenvalue weighted by molar-refractivity contribution is 0.336. The van der Waals surface area contributed by atoms with Crippen LogP contribution < -0.4 is 5.32 Å². The summed E-state index contributed by atoms with van der Waals surface area (Å²) >= 11 is 1.83. The third-order valence-corrected chi connectivity index (χ3v) is 4.47. The molecule has 0 saturated heterocycles. The summed E-state index contributed by atoms with van der Waals surface area (Å²) in [5.74, 6) is 2.00. The number of aromatic nitrogens is 2. The zero-order chi connectivity index (χ0) is 11.5. The summed E-state index contributed by atoms with van der Waals surface area (Å²) in [5, 5.41) is 4.33. The van der Waals surface area contributed by atoms with Crippen LogP contribution in [0.1, 0.15) is 25.7 Å². The molecule has 17 heavy (non-hydrogen) atoms. The second-order valence-corrected chi connectivity index (χ2v) is 5.62. The zero-order valence-corrected chi connectivity index (χ0v) is 10.5. The van der Waals surface area contributed by atoms with Gasteiger partial charge in [-0.1, -0.05) is 24.6 Å². The van der Waals surface area contributed by atoms with E-state index in [1.54, 1.807) is 12.4 Å². The molecule has 0 spiro atoms. The van der Waals surface area contributed by atoms with Gasteiger partial charge in [0.05, 0.1) is 24.1 Å². The molecule has 0 amide bonds. The molecule has 5 heteroatoms. The van der Waals surface area contributed by atoms with E-state index in [4.69, 9.17) is 4.99 Å². The molecule has 3 rings (SSSR count). The van der Waals surface area contributed by atoms with E-state index < -0.39 is 0 Å². The van der Waals surface area contributed by atoms with E-state index in [1.807, 2.05) is 11.8 Å². The van der Waals surface area contributed by atoms with Crippen LogP contribution in [0, 0.1) is 5.92 Å². The number of aliphatic imine (C=N–C) groups is 1. The summed E-state index contributed by atoms with van der Waals surface area (Å²) in [6.45, 7) is 0. The molecule has 4 nitrogen and oxygen atoms in total. The quantitative estimate of drug-likeness (QED) is 0.830. The minimum atomic E-state index is 0.539. The Kier molecular flexibility index (Phi) is 3.27. The first-order valence-corrected chi connectivity index (χ1v) is 7.13. The van der Waals surface area contributed by atoms with Crippen molar-refractivity contribution in [3.8, 4) is 0 Å². The van der Waals surface area contributed by atoms with Crippen molar-refractivity contribution >= 4 is 22.6 Å². The number of nitrogens with zero attached hydrogens (tertiary/aromatic N) is 3. The van der Waals surface area contributed by atoms with Crippen LogP contribution in [0.3, 0.4) is 0 Å². The van der Waals surface area contributed by atoms with Gasteiger partial charge in [0, 0.05) is 5.75 Å². The molecule has 2 unspecified atom stereocenters. The van der Waals surface area contributed by atoms with Gasteiger partial charge in [-0.3, -0.25) is 4.99 Å². The van der Waals surface area contributed by atoms with Gasteiger partial charge < -0.3 is 5.32 Å². The molecule has 0 radical (unpaired) electrons. The van der Waals surface area contributed by atoms with E-state index in [1.165, 1.54) is 37.8 Å². The Morgan fingerprint density at radius 1 is 1.18 bits per heavy atom. The first-order valence-electron chi connectivity index (χ1n) is 6.14. The second-order valence-electron chi connectivity index (χ2n) is 4.61. The number of thioether (sulfide) groups is 1.